The van der Waals surface area contributed by atoms with Crippen LogP contribution in [0.15, 0.2) is 17.0 Å². The molecule has 0 aliphatic heterocycles. The number of rotatable bonds is 2. The Morgan fingerprint density at radius 2 is 2.14 bits per heavy atom. The molecule has 0 saturated heterocycles. The van der Waals surface area contributed by atoms with Gasteiger partial charge in [0.2, 0.25) is 0 Å². The predicted molar refractivity (Wildman–Crippen MR) is 60.1 cm³/mol. The van der Waals surface area contributed by atoms with E-state index in [0.717, 1.165) is 22.3 Å². The summed E-state index contributed by atoms with van der Waals surface area (Å²) in [5.74, 6) is 2.44. The van der Waals surface area contributed by atoms with E-state index in [-0.39, 0.29) is 0 Å². The molecule has 4 heteroatoms. The smallest absolute Gasteiger partial charge is 0.144 e. The zero-order valence-electron chi connectivity index (χ0n) is 8.37. The van der Waals surface area contributed by atoms with Crippen molar-refractivity contribution < 1.29 is 0 Å². The Kier molecular flexibility index (Phi) is 2.72. The Bertz CT molecular complexity index is 312. The van der Waals surface area contributed by atoms with Crippen LogP contribution in [0.4, 0.5) is 5.82 Å². The number of aromatic nitrogens is 2. The summed E-state index contributed by atoms with van der Waals surface area (Å²) in [6.45, 7) is 4.56. The minimum absolute atomic E-state index is 0.570. The number of halogens is 1. The van der Waals surface area contributed by atoms with E-state index in [0.29, 0.717) is 6.04 Å². The zero-order chi connectivity index (χ0) is 10.1. The van der Waals surface area contributed by atoms with Crippen molar-refractivity contribution in [3.63, 3.8) is 0 Å². The molecule has 1 aliphatic carbocycles. The van der Waals surface area contributed by atoms with Crippen molar-refractivity contribution in [3.8, 4) is 0 Å². The quantitative estimate of drug-likeness (QED) is 0.884. The van der Waals surface area contributed by atoms with Gasteiger partial charge in [0, 0.05) is 6.04 Å². The highest BCUT2D eigenvalue weighted by molar-refractivity contribution is 9.10. The van der Waals surface area contributed by atoms with Gasteiger partial charge in [-0.3, -0.25) is 0 Å². The molecule has 2 rings (SSSR count). The molecular weight excluding hydrogens is 242 g/mol. The van der Waals surface area contributed by atoms with Gasteiger partial charge in [0.05, 0.1) is 12.4 Å². The van der Waals surface area contributed by atoms with Gasteiger partial charge in [-0.1, -0.05) is 13.8 Å². The first kappa shape index (κ1) is 9.90. The van der Waals surface area contributed by atoms with Crippen LogP contribution < -0.4 is 5.32 Å². The third kappa shape index (κ3) is 1.90. The highest BCUT2D eigenvalue weighted by Gasteiger charge is 2.34. The Hall–Kier alpha value is -0.640. The topological polar surface area (TPSA) is 37.8 Å². The van der Waals surface area contributed by atoms with E-state index >= 15 is 0 Å². The van der Waals surface area contributed by atoms with Crippen LogP contribution in [0, 0.1) is 11.8 Å². The standard InChI is InChI=1S/C10H14BrN3/c1-6-3-8(7(6)2)14-10-5-12-9(11)4-13-10/h4-8H,3H2,1-2H3,(H,13,14). The molecule has 0 spiro atoms. The number of hydrogen-bond acceptors (Lipinski definition) is 3. The molecular formula is C10H14BrN3. The Labute approximate surface area is 92.5 Å². The minimum atomic E-state index is 0.570. The zero-order valence-corrected chi connectivity index (χ0v) is 9.95. The molecule has 3 atom stereocenters. The fourth-order valence-electron chi connectivity index (χ4n) is 1.80. The molecule has 1 aliphatic rings. The average molecular weight is 256 g/mol. The summed E-state index contributed by atoms with van der Waals surface area (Å²) >= 11 is 3.26. The molecule has 0 aromatic carbocycles. The van der Waals surface area contributed by atoms with Gasteiger partial charge in [-0.05, 0) is 34.2 Å². The van der Waals surface area contributed by atoms with Gasteiger partial charge < -0.3 is 5.32 Å². The normalized spacial score (nSPS) is 30.9. The third-order valence-corrected chi connectivity index (χ3v) is 3.52. The largest absolute Gasteiger partial charge is 0.366 e. The van der Waals surface area contributed by atoms with Crippen molar-refractivity contribution in [2.24, 2.45) is 11.8 Å². The summed E-state index contributed by atoms with van der Waals surface area (Å²) in [6.07, 6.45) is 4.72. The van der Waals surface area contributed by atoms with Crippen LogP contribution in [0.1, 0.15) is 20.3 Å². The van der Waals surface area contributed by atoms with E-state index in [9.17, 15) is 0 Å². The summed E-state index contributed by atoms with van der Waals surface area (Å²) in [7, 11) is 0. The molecule has 0 amide bonds. The highest BCUT2D eigenvalue weighted by atomic mass is 79.9. The molecule has 1 fully saturated rings. The second kappa shape index (κ2) is 3.85. The number of anilines is 1. The molecule has 3 nitrogen and oxygen atoms in total. The lowest BCUT2D eigenvalue weighted by atomic mass is 9.71. The monoisotopic (exact) mass is 255 g/mol. The van der Waals surface area contributed by atoms with Crippen LogP contribution in [-0.2, 0) is 0 Å². The van der Waals surface area contributed by atoms with Gasteiger partial charge in [0.1, 0.15) is 10.4 Å². The van der Waals surface area contributed by atoms with Crippen molar-refractivity contribution in [2.45, 2.75) is 26.3 Å². The maximum absolute atomic E-state index is 4.24. The van der Waals surface area contributed by atoms with Crippen LogP contribution in [0.5, 0.6) is 0 Å². The molecule has 1 aromatic rings. The summed E-state index contributed by atoms with van der Waals surface area (Å²) in [5.41, 5.74) is 0. The summed E-state index contributed by atoms with van der Waals surface area (Å²) < 4.78 is 0.776. The van der Waals surface area contributed by atoms with Gasteiger partial charge in [-0.2, -0.15) is 0 Å². The number of nitrogens with zero attached hydrogens (tertiary/aromatic N) is 2. The SMILES string of the molecule is CC1CC(Nc2cnc(Br)cn2)C1C. The Morgan fingerprint density at radius 1 is 1.36 bits per heavy atom. The van der Waals surface area contributed by atoms with E-state index in [1.165, 1.54) is 6.42 Å². The molecule has 1 aromatic heterocycles. The van der Waals surface area contributed by atoms with E-state index < -0.39 is 0 Å². The molecule has 1 N–H and O–H groups in total. The maximum Gasteiger partial charge on any atom is 0.144 e. The van der Waals surface area contributed by atoms with E-state index in [4.69, 9.17) is 0 Å². The van der Waals surface area contributed by atoms with Crippen molar-refractivity contribution in [1.82, 2.24) is 9.97 Å². The van der Waals surface area contributed by atoms with E-state index in [1.54, 1.807) is 12.4 Å². The van der Waals surface area contributed by atoms with Crippen molar-refractivity contribution in [2.75, 3.05) is 5.32 Å². The maximum atomic E-state index is 4.24. The van der Waals surface area contributed by atoms with Gasteiger partial charge in [0.25, 0.3) is 0 Å². The van der Waals surface area contributed by atoms with E-state index in [2.05, 4.69) is 45.1 Å². The van der Waals surface area contributed by atoms with Gasteiger partial charge >= 0.3 is 0 Å². The predicted octanol–water partition coefficient (Wildman–Crippen LogP) is 2.70. The molecule has 14 heavy (non-hydrogen) atoms. The fourth-order valence-corrected chi connectivity index (χ4v) is 2.00. The summed E-state index contributed by atoms with van der Waals surface area (Å²) in [6, 6.07) is 0.570. The Morgan fingerprint density at radius 3 is 2.64 bits per heavy atom. The Balaban J connectivity index is 1.95. The average Bonchev–Trinajstić information content (AvgIpc) is 2.20. The molecule has 1 heterocycles. The fraction of sp³-hybridized carbons (Fsp3) is 0.600. The van der Waals surface area contributed by atoms with Gasteiger partial charge in [0.15, 0.2) is 0 Å². The number of hydrogen-bond donors (Lipinski definition) is 1. The van der Waals surface area contributed by atoms with Crippen molar-refractivity contribution >= 4 is 21.7 Å². The van der Waals surface area contributed by atoms with Gasteiger partial charge in [-0.25, -0.2) is 9.97 Å². The lowest BCUT2D eigenvalue weighted by Crippen LogP contribution is -2.43. The summed E-state index contributed by atoms with van der Waals surface area (Å²) in [4.78, 5) is 8.37. The molecule has 0 bridgehead atoms. The molecule has 76 valence electrons. The minimum Gasteiger partial charge on any atom is -0.366 e. The lowest BCUT2D eigenvalue weighted by molar-refractivity contribution is 0.188. The molecule has 0 radical (unpaired) electrons. The van der Waals surface area contributed by atoms with Crippen LogP contribution in [-0.4, -0.2) is 16.0 Å². The first-order valence-electron chi connectivity index (χ1n) is 4.91. The van der Waals surface area contributed by atoms with Gasteiger partial charge in [-0.15, -0.1) is 0 Å². The first-order valence-corrected chi connectivity index (χ1v) is 5.70. The van der Waals surface area contributed by atoms with Crippen LogP contribution in [0.25, 0.3) is 0 Å². The van der Waals surface area contributed by atoms with Crippen LogP contribution in [0.2, 0.25) is 0 Å². The highest BCUT2D eigenvalue weighted by Crippen LogP contribution is 2.35. The number of nitrogens with one attached hydrogen (secondary N) is 1. The van der Waals surface area contributed by atoms with Crippen LogP contribution >= 0.6 is 15.9 Å². The molecule has 3 unspecified atom stereocenters. The third-order valence-electron chi connectivity index (χ3n) is 3.11. The second-order valence-corrected chi connectivity index (χ2v) is 4.86. The summed E-state index contributed by atoms with van der Waals surface area (Å²) in [5, 5.41) is 3.39. The second-order valence-electron chi connectivity index (χ2n) is 4.05. The molecule has 1 saturated carbocycles. The first-order chi connectivity index (χ1) is 6.66. The van der Waals surface area contributed by atoms with E-state index in [1.807, 2.05) is 0 Å². The van der Waals surface area contributed by atoms with Crippen LogP contribution in [0.3, 0.4) is 0 Å². The lowest BCUT2D eigenvalue weighted by Gasteiger charge is -2.41. The van der Waals surface area contributed by atoms with Crippen molar-refractivity contribution in [1.29, 1.82) is 0 Å². The van der Waals surface area contributed by atoms with Crippen molar-refractivity contribution in [3.05, 3.63) is 17.0 Å².